The molecule has 1 aromatic rings. The van der Waals surface area contributed by atoms with E-state index in [1.165, 1.54) is 0 Å². The lowest BCUT2D eigenvalue weighted by atomic mass is 9.76. The molecule has 2 unspecified atom stereocenters. The minimum Gasteiger partial charge on any atom is -0.377 e. The Morgan fingerprint density at radius 2 is 2.21 bits per heavy atom. The minimum absolute atomic E-state index is 0.140. The molecule has 3 heterocycles. The highest BCUT2D eigenvalue weighted by Gasteiger charge is 2.52. The Morgan fingerprint density at radius 1 is 1.41 bits per heavy atom. The number of carbonyl (C=O) groups excluding carboxylic acids is 1. The number of aromatic nitrogens is 1. The van der Waals surface area contributed by atoms with Crippen molar-refractivity contribution in [1.82, 2.24) is 14.8 Å². The van der Waals surface area contributed by atoms with Crippen molar-refractivity contribution in [2.75, 3.05) is 39.9 Å². The number of ether oxygens (including phenoxy) is 2. The van der Waals surface area contributed by atoms with Crippen molar-refractivity contribution >= 4 is 5.78 Å². The molecule has 0 radical (unpaired) electrons. The predicted octanol–water partition coefficient (Wildman–Crippen LogP) is 3.02. The summed E-state index contributed by atoms with van der Waals surface area (Å²) in [5.41, 5.74) is -0.301. The second-order valence-corrected chi connectivity index (χ2v) is 9.40. The van der Waals surface area contributed by atoms with E-state index in [4.69, 9.17) is 9.47 Å². The maximum Gasteiger partial charge on any atom is 0.201 e. The number of pyridine rings is 1. The first-order valence-electron chi connectivity index (χ1n) is 10.9. The normalized spacial score (nSPS) is 27.6. The second kappa shape index (κ2) is 9.21. The summed E-state index contributed by atoms with van der Waals surface area (Å²) in [6.07, 6.45) is 4.45. The highest BCUT2D eigenvalue weighted by Crippen LogP contribution is 2.40. The average Bonchev–Trinajstić information content (AvgIpc) is 3.18. The molecule has 0 aliphatic carbocycles. The summed E-state index contributed by atoms with van der Waals surface area (Å²) in [5.74, 6) is 0.140. The average molecular weight is 404 g/mol. The third-order valence-corrected chi connectivity index (χ3v) is 6.33. The van der Waals surface area contributed by atoms with Gasteiger partial charge in [-0.2, -0.15) is 0 Å². The first-order chi connectivity index (χ1) is 13.7. The quantitative estimate of drug-likeness (QED) is 0.622. The Kier molecular flexibility index (Phi) is 7.10. The molecule has 0 N–H and O–H groups in total. The first kappa shape index (κ1) is 22.3. The summed E-state index contributed by atoms with van der Waals surface area (Å²) < 4.78 is 11.7. The fourth-order valence-corrected chi connectivity index (χ4v) is 4.79. The van der Waals surface area contributed by atoms with Gasteiger partial charge in [0.2, 0.25) is 5.78 Å². The highest BCUT2D eigenvalue weighted by atomic mass is 16.5. The van der Waals surface area contributed by atoms with Crippen LogP contribution in [0.4, 0.5) is 0 Å². The number of rotatable bonds is 8. The van der Waals surface area contributed by atoms with Gasteiger partial charge in [-0.25, -0.2) is 0 Å². The number of likely N-dealkylation sites (N-methyl/N-ethyl adjacent to an activating group) is 1. The number of hydrogen-bond donors (Lipinski definition) is 0. The fourth-order valence-electron chi connectivity index (χ4n) is 4.79. The van der Waals surface area contributed by atoms with E-state index in [1.54, 1.807) is 6.20 Å². The number of carbonyl (C=O) groups is 1. The minimum atomic E-state index is -0.542. The lowest BCUT2D eigenvalue weighted by Gasteiger charge is -2.48. The van der Waals surface area contributed by atoms with E-state index in [0.29, 0.717) is 24.8 Å². The summed E-state index contributed by atoms with van der Waals surface area (Å²) in [6.45, 7) is 12.4. The molecule has 6 heteroatoms. The Morgan fingerprint density at radius 3 is 2.86 bits per heavy atom. The van der Waals surface area contributed by atoms with Crippen molar-refractivity contribution in [2.45, 2.75) is 70.2 Å². The molecule has 0 bridgehead atoms. The van der Waals surface area contributed by atoms with E-state index in [9.17, 15) is 4.79 Å². The zero-order valence-electron chi connectivity index (χ0n) is 18.7. The van der Waals surface area contributed by atoms with Crippen molar-refractivity contribution in [3.63, 3.8) is 0 Å². The summed E-state index contributed by atoms with van der Waals surface area (Å²) >= 11 is 0. The Bertz CT molecular complexity index is 679. The summed E-state index contributed by atoms with van der Waals surface area (Å²) in [5, 5.41) is 0. The number of hydrogen-bond acceptors (Lipinski definition) is 6. The van der Waals surface area contributed by atoms with Gasteiger partial charge in [0, 0.05) is 44.9 Å². The van der Waals surface area contributed by atoms with E-state index in [1.807, 2.05) is 18.2 Å². The second-order valence-electron chi connectivity index (χ2n) is 9.40. The molecule has 2 fully saturated rings. The van der Waals surface area contributed by atoms with Gasteiger partial charge in [-0.05, 0) is 59.7 Å². The molecule has 0 aromatic carbocycles. The lowest BCUT2D eigenvalue weighted by Crippen LogP contribution is -2.61. The standard InChI is InChI=1S/C23H37N3O3/c1-18(2)28-15-13-25(5)19-9-12-26(16-19)23(10-14-29-22(3,4)17-23)21(27)20-8-6-7-11-24-20/h6-8,11,18-19H,9-10,12-17H2,1-5H3. The van der Waals surface area contributed by atoms with Crippen LogP contribution in [0.15, 0.2) is 24.4 Å². The van der Waals surface area contributed by atoms with Gasteiger partial charge in [0.15, 0.2) is 0 Å². The van der Waals surface area contributed by atoms with Gasteiger partial charge < -0.3 is 9.47 Å². The topological polar surface area (TPSA) is 54.9 Å². The molecule has 162 valence electrons. The Hall–Kier alpha value is -1.34. The molecule has 0 amide bonds. The third kappa shape index (κ3) is 5.23. The summed E-state index contributed by atoms with van der Waals surface area (Å²) in [6, 6.07) is 6.03. The van der Waals surface area contributed by atoms with Gasteiger partial charge in [-0.3, -0.25) is 19.6 Å². The number of Topliss-reactive ketones (excluding diaryl/α,β-unsaturated/α-hetero) is 1. The number of likely N-dealkylation sites (tertiary alicyclic amines) is 1. The number of nitrogens with zero attached hydrogens (tertiary/aromatic N) is 3. The molecule has 3 rings (SSSR count). The lowest BCUT2D eigenvalue weighted by molar-refractivity contribution is -0.104. The molecule has 2 atom stereocenters. The zero-order chi connectivity index (χ0) is 21.1. The largest absolute Gasteiger partial charge is 0.377 e. The van der Waals surface area contributed by atoms with Crippen LogP contribution in [0.3, 0.4) is 0 Å². The molecule has 1 aromatic heterocycles. The van der Waals surface area contributed by atoms with E-state index in [-0.39, 0.29) is 17.5 Å². The molecule has 0 saturated carbocycles. The van der Waals surface area contributed by atoms with Crippen LogP contribution in [0, 0.1) is 0 Å². The van der Waals surface area contributed by atoms with Crippen molar-refractivity contribution in [3.8, 4) is 0 Å². The van der Waals surface area contributed by atoms with E-state index >= 15 is 0 Å². The van der Waals surface area contributed by atoms with E-state index < -0.39 is 5.54 Å². The van der Waals surface area contributed by atoms with Gasteiger partial charge >= 0.3 is 0 Å². The molecule has 2 saturated heterocycles. The van der Waals surface area contributed by atoms with Gasteiger partial charge in [0.25, 0.3) is 0 Å². The van der Waals surface area contributed by atoms with Crippen molar-refractivity contribution < 1.29 is 14.3 Å². The molecule has 2 aliphatic rings. The smallest absolute Gasteiger partial charge is 0.201 e. The van der Waals surface area contributed by atoms with Gasteiger partial charge in [-0.1, -0.05) is 6.07 Å². The van der Waals surface area contributed by atoms with Crippen molar-refractivity contribution in [3.05, 3.63) is 30.1 Å². The van der Waals surface area contributed by atoms with Crippen LogP contribution in [-0.4, -0.2) is 83.7 Å². The van der Waals surface area contributed by atoms with Crippen molar-refractivity contribution in [2.24, 2.45) is 0 Å². The van der Waals surface area contributed by atoms with E-state index in [0.717, 1.165) is 39.1 Å². The van der Waals surface area contributed by atoms with Crippen molar-refractivity contribution in [1.29, 1.82) is 0 Å². The molecular weight excluding hydrogens is 366 g/mol. The SMILES string of the molecule is CC(C)OCCN(C)C1CCN(C2(C(=O)c3ccccn3)CCOC(C)(C)C2)C1. The third-order valence-electron chi connectivity index (χ3n) is 6.33. The Labute approximate surface area is 175 Å². The van der Waals surface area contributed by atoms with Crippen LogP contribution >= 0.6 is 0 Å². The van der Waals surface area contributed by atoms with Gasteiger partial charge in [0.05, 0.1) is 23.9 Å². The van der Waals surface area contributed by atoms with E-state index in [2.05, 4.69) is 49.5 Å². The predicted molar refractivity (Wildman–Crippen MR) is 114 cm³/mol. The van der Waals surface area contributed by atoms with Crippen LogP contribution in [0.25, 0.3) is 0 Å². The maximum atomic E-state index is 13.7. The maximum absolute atomic E-state index is 13.7. The van der Waals surface area contributed by atoms with Crippen LogP contribution in [0.5, 0.6) is 0 Å². The molecule has 29 heavy (non-hydrogen) atoms. The fraction of sp³-hybridized carbons (Fsp3) is 0.739. The van der Waals surface area contributed by atoms with Crippen LogP contribution in [0.1, 0.15) is 57.4 Å². The zero-order valence-corrected chi connectivity index (χ0v) is 18.7. The first-order valence-corrected chi connectivity index (χ1v) is 10.9. The molecular formula is C23H37N3O3. The van der Waals surface area contributed by atoms with Crippen LogP contribution < -0.4 is 0 Å². The van der Waals surface area contributed by atoms with Gasteiger partial charge in [0.1, 0.15) is 5.69 Å². The molecule has 2 aliphatic heterocycles. The number of ketones is 1. The molecule has 6 nitrogen and oxygen atoms in total. The molecule has 0 spiro atoms. The summed E-state index contributed by atoms with van der Waals surface area (Å²) in [4.78, 5) is 22.9. The Balaban J connectivity index is 1.76. The summed E-state index contributed by atoms with van der Waals surface area (Å²) in [7, 11) is 2.17. The monoisotopic (exact) mass is 403 g/mol. The van der Waals surface area contributed by atoms with Crippen LogP contribution in [0.2, 0.25) is 0 Å². The van der Waals surface area contributed by atoms with Crippen LogP contribution in [-0.2, 0) is 9.47 Å². The highest BCUT2D eigenvalue weighted by molar-refractivity contribution is 6.02. The van der Waals surface area contributed by atoms with Gasteiger partial charge in [-0.15, -0.1) is 0 Å².